The van der Waals surface area contributed by atoms with Crippen LogP contribution >= 0.6 is 0 Å². The Bertz CT molecular complexity index is 1320. The molecule has 0 aliphatic heterocycles. The maximum Gasteiger partial charge on any atom is 0.194 e. The Labute approximate surface area is 156 Å². The predicted octanol–water partition coefficient (Wildman–Crippen LogP) is 5.73. The third-order valence-electron chi connectivity index (χ3n) is 4.96. The minimum atomic E-state index is -2.19. The van der Waals surface area contributed by atoms with Gasteiger partial charge in [-0.1, -0.05) is 41.5 Å². The second kappa shape index (κ2) is 5.37. The van der Waals surface area contributed by atoms with Crippen LogP contribution in [0.3, 0.4) is 0 Å². The molecular formula is C24H17NO. The molecule has 4 aromatic rings. The van der Waals surface area contributed by atoms with Crippen LogP contribution in [0.1, 0.15) is 31.2 Å². The second-order valence-electron chi connectivity index (χ2n) is 6.74. The van der Waals surface area contributed by atoms with Gasteiger partial charge in [0, 0.05) is 32.4 Å². The van der Waals surface area contributed by atoms with E-state index < -0.39 is 6.85 Å². The van der Waals surface area contributed by atoms with E-state index in [4.69, 9.17) is 4.11 Å². The average Bonchev–Trinajstić information content (AvgIpc) is 2.97. The fraction of sp³-hybridized carbons (Fsp3) is 0.0833. The van der Waals surface area contributed by atoms with Gasteiger partial charge < -0.3 is 0 Å². The molecule has 0 spiro atoms. The van der Waals surface area contributed by atoms with Crippen molar-refractivity contribution in [1.82, 2.24) is 4.98 Å². The van der Waals surface area contributed by atoms with Crippen molar-refractivity contribution < 1.29 is 8.91 Å². The van der Waals surface area contributed by atoms with Gasteiger partial charge in [0.1, 0.15) is 0 Å². The highest BCUT2D eigenvalue weighted by Crippen LogP contribution is 2.40. The van der Waals surface area contributed by atoms with Gasteiger partial charge in [-0.15, -0.1) is 0 Å². The van der Waals surface area contributed by atoms with E-state index in [1.807, 2.05) is 55.5 Å². The number of aromatic nitrogens is 1. The third-order valence-corrected chi connectivity index (χ3v) is 4.96. The summed E-state index contributed by atoms with van der Waals surface area (Å²) < 4.78 is 23.3. The molecule has 124 valence electrons. The Morgan fingerprint density at radius 3 is 2.50 bits per heavy atom. The predicted molar refractivity (Wildman–Crippen MR) is 106 cm³/mol. The molecule has 26 heavy (non-hydrogen) atoms. The van der Waals surface area contributed by atoms with E-state index >= 15 is 0 Å². The van der Waals surface area contributed by atoms with E-state index in [0.29, 0.717) is 16.8 Å². The quantitative estimate of drug-likeness (QED) is 0.391. The number of nitrogens with zero attached hydrogens (tertiary/aromatic N) is 1. The largest absolute Gasteiger partial charge is 0.289 e. The molecule has 0 saturated carbocycles. The van der Waals surface area contributed by atoms with E-state index in [-0.39, 0.29) is 11.3 Å². The molecule has 2 nitrogen and oxygen atoms in total. The molecule has 0 fully saturated rings. The van der Waals surface area contributed by atoms with Crippen molar-refractivity contribution in [3.05, 3.63) is 89.1 Å². The Morgan fingerprint density at radius 2 is 1.65 bits per heavy atom. The number of ketones is 1. The van der Waals surface area contributed by atoms with Crippen molar-refractivity contribution in [2.24, 2.45) is 0 Å². The first-order valence-corrected chi connectivity index (χ1v) is 8.52. The number of fused-ring (bicyclic) bond motifs is 4. The van der Waals surface area contributed by atoms with E-state index in [0.717, 1.165) is 33.0 Å². The van der Waals surface area contributed by atoms with Crippen LogP contribution in [-0.4, -0.2) is 10.8 Å². The average molecular weight is 338 g/mol. The fourth-order valence-corrected chi connectivity index (χ4v) is 3.84. The van der Waals surface area contributed by atoms with E-state index in [9.17, 15) is 4.79 Å². The normalized spacial score (nSPS) is 14.5. The summed E-state index contributed by atoms with van der Waals surface area (Å²) in [6, 6.07) is 18.8. The number of carbonyl (C=O) groups excluding carboxylic acids is 1. The number of hydrogen-bond donors (Lipinski definition) is 0. The van der Waals surface area contributed by atoms with Crippen LogP contribution < -0.4 is 0 Å². The maximum absolute atomic E-state index is 12.9. The molecule has 1 aromatic heterocycles. The Kier molecular flexibility index (Phi) is 2.51. The fourth-order valence-electron chi connectivity index (χ4n) is 3.84. The Balaban J connectivity index is 1.77. The van der Waals surface area contributed by atoms with Crippen LogP contribution in [0.5, 0.6) is 0 Å². The molecule has 0 saturated heterocycles. The molecule has 1 aliphatic rings. The zero-order valence-corrected chi connectivity index (χ0v) is 14.2. The summed E-state index contributed by atoms with van der Waals surface area (Å²) in [6.07, 6.45) is 1.73. The molecule has 0 amide bonds. The van der Waals surface area contributed by atoms with Gasteiger partial charge in [-0.3, -0.25) is 9.78 Å². The molecule has 3 aromatic carbocycles. The van der Waals surface area contributed by atoms with Gasteiger partial charge in [-0.05, 0) is 60.6 Å². The van der Waals surface area contributed by atoms with Crippen LogP contribution in [0, 0.1) is 13.8 Å². The summed E-state index contributed by atoms with van der Waals surface area (Å²) in [6.45, 7) is -0.314. The summed E-state index contributed by atoms with van der Waals surface area (Å²) in [5.41, 5.74) is 5.83. The summed E-state index contributed by atoms with van der Waals surface area (Å²) in [7, 11) is 0. The van der Waals surface area contributed by atoms with Crippen molar-refractivity contribution in [1.29, 1.82) is 0 Å². The molecular weight excluding hydrogens is 318 g/mol. The molecule has 0 N–H and O–H groups in total. The minimum Gasteiger partial charge on any atom is -0.289 e. The molecule has 0 bridgehead atoms. The van der Waals surface area contributed by atoms with E-state index in [1.165, 1.54) is 0 Å². The molecule has 0 radical (unpaired) electrons. The number of rotatable bonds is 1. The van der Waals surface area contributed by atoms with Gasteiger partial charge >= 0.3 is 0 Å². The number of aryl methyl sites for hydroxylation is 2. The SMILES string of the molecule is [2H]C([2H])([2H])c1cc(C)cc(-c2nccc3cc4c(cc23)C(=O)c2ccccc2-4)c1. The lowest BCUT2D eigenvalue weighted by Crippen LogP contribution is -1.96. The molecule has 1 aliphatic carbocycles. The lowest BCUT2D eigenvalue weighted by molar-refractivity contribution is 0.104. The Hall–Kier alpha value is -3.26. The number of benzene rings is 3. The number of carbonyl (C=O) groups is 1. The van der Waals surface area contributed by atoms with Crippen LogP contribution in [0.2, 0.25) is 0 Å². The monoisotopic (exact) mass is 338 g/mol. The van der Waals surface area contributed by atoms with Crippen LogP contribution in [-0.2, 0) is 0 Å². The minimum absolute atomic E-state index is 0.0136. The van der Waals surface area contributed by atoms with E-state index in [1.54, 1.807) is 18.3 Å². The highest BCUT2D eigenvalue weighted by Gasteiger charge is 2.27. The molecule has 0 unspecified atom stereocenters. The molecule has 1 heterocycles. The van der Waals surface area contributed by atoms with Gasteiger partial charge in [-0.25, -0.2) is 0 Å². The zero-order chi connectivity index (χ0) is 20.3. The van der Waals surface area contributed by atoms with Gasteiger partial charge in [0.05, 0.1) is 5.69 Å². The first kappa shape index (κ1) is 12.2. The van der Waals surface area contributed by atoms with Crippen LogP contribution in [0.4, 0.5) is 0 Å². The number of hydrogen-bond acceptors (Lipinski definition) is 2. The first-order chi connectivity index (χ1) is 13.8. The summed E-state index contributed by atoms with van der Waals surface area (Å²) in [5, 5.41) is 1.81. The molecule has 0 atom stereocenters. The lowest BCUT2D eigenvalue weighted by atomic mass is 9.96. The van der Waals surface area contributed by atoms with Gasteiger partial charge in [-0.2, -0.15) is 0 Å². The smallest absolute Gasteiger partial charge is 0.194 e. The summed E-state index contributed by atoms with van der Waals surface area (Å²) in [5.74, 6) is 0.0136. The van der Waals surface area contributed by atoms with Crippen molar-refractivity contribution >= 4 is 16.6 Å². The standard InChI is InChI=1S/C24H17NO/c1-14-9-15(2)11-17(10-14)23-20-13-22-21(12-16(20)7-8-25-23)18-5-3-4-6-19(18)24(22)26/h3-13H,1-2H3/i1D3. The summed E-state index contributed by atoms with van der Waals surface area (Å²) in [4.78, 5) is 17.5. The van der Waals surface area contributed by atoms with E-state index in [2.05, 4.69) is 4.98 Å². The van der Waals surface area contributed by atoms with Gasteiger partial charge in [0.25, 0.3) is 0 Å². The highest BCUT2D eigenvalue weighted by atomic mass is 16.1. The van der Waals surface area contributed by atoms with Crippen molar-refractivity contribution in [2.45, 2.75) is 13.8 Å². The zero-order valence-electron chi connectivity index (χ0n) is 17.2. The van der Waals surface area contributed by atoms with Crippen molar-refractivity contribution in [3.63, 3.8) is 0 Å². The molecule has 2 heteroatoms. The van der Waals surface area contributed by atoms with Gasteiger partial charge in [0.15, 0.2) is 5.78 Å². The Morgan fingerprint density at radius 1 is 0.846 bits per heavy atom. The topological polar surface area (TPSA) is 30.0 Å². The second-order valence-corrected chi connectivity index (χ2v) is 6.74. The van der Waals surface area contributed by atoms with Gasteiger partial charge in [0.2, 0.25) is 0 Å². The first-order valence-electron chi connectivity index (χ1n) is 10.0. The maximum atomic E-state index is 12.9. The lowest BCUT2D eigenvalue weighted by Gasteiger charge is -2.10. The summed E-state index contributed by atoms with van der Waals surface area (Å²) >= 11 is 0. The number of pyridine rings is 1. The van der Waals surface area contributed by atoms with Crippen molar-refractivity contribution in [2.75, 3.05) is 0 Å². The van der Waals surface area contributed by atoms with Crippen LogP contribution in [0.25, 0.3) is 33.2 Å². The van der Waals surface area contributed by atoms with Crippen LogP contribution in [0.15, 0.2) is 66.9 Å². The highest BCUT2D eigenvalue weighted by molar-refractivity contribution is 6.23. The molecule has 5 rings (SSSR count). The third kappa shape index (κ3) is 2.12. The van der Waals surface area contributed by atoms with Crippen molar-refractivity contribution in [3.8, 4) is 22.4 Å².